The number of nitrogens with one attached hydrogen (secondary N) is 2. The van der Waals surface area contributed by atoms with Gasteiger partial charge in [0, 0.05) is 25.0 Å². The van der Waals surface area contributed by atoms with Crippen LogP contribution in [0.1, 0.15) is 26.7 Å². The third-order valence-electron chi connectivity index (χ3n) is 2.49. The third-order valence-corrected chi connectivity index (χ3v) is 2.49. The Labute approximate surface area is 89.2 Å². The lowest BCUT2D eigenvalue weighted by atomic mass is 9.94. The second-order valence-corrected chi connectivity index (χ2v) is 4.71. The Morgan fingerprint density at radius 3 is 2.73 bits per heavy atom. The number of imide groups is 1. The second kappa shape index (κ2) is 4.72. The Morgan fingerprint density at radius 2 is 2.20 bits per heavy atom. The summed E-state index contributed by atoms with van der Waals surface area (Å²) in [7, 11) is 0. The number of hydrogen-bond donors (Lipinski definition) is 3. The van der Waals surface area contributed by atoms with Crippen LogP contribution in [-0.2, 0) is 9.59 Å². The largest absolute Gasteiger partial charge is 0.396 e. The lowest BCUT2D eigenvalue weighted by Gasteiger charge is -2.27. The zero-order valence-electron chi connectivity index (χ0n) is 9.17. The van der Waals surface area contributed by atoms with Crippen molar-refractivity contribution in [3.63, 3.8) is 0 Å². The van der Waals surface area contributed by atoms with Crippen LogP contribution in [0.5, 0.6) is 0 Å². The highest BCUT2D eigenvalue weighted by molar-refractivity contribution is 6.00. The Morgan fingerprint density at radius 1 is 1.53 bits per heavy atom. The van der Waals surface area contributed by atoms with Crippen LogP contribution in [0.3, 0.4) is 0 Å². The summed E-state index contributed by atoms with van der Waals surface area (Å²) >= 11 is 0. The second-order valence-electron chi connectivity index (χ2n) is 4.71. The molecule has 1 atom stereocenters. The van der Waals surface area contributed by atoms with E-state index < -0.39 is 0 Å². The van der Waals surface area contributed by atoms with Crippen molar-refractivity contribution in [1.29, 1.82) is 0 Å². The van der Waals surface area contributed by atoms with E-state index in [9.17, 15) is 9.59 Å². The normalized spacial score (nSPS) is 22.7. The van der Waals surface area contributed by atoms with Crippen molar-refractivity contribution in [3.05, 3.63) is 0 Å². The minimum absolute atomic E-state index is 0.0628. The molecular formula is C10H18N2O3. The summed E-state index contributed by atoms with van der Waals surface area (Å²) in [6.07, 6.45) is 0.912. The van der Waals surface area contributed by atoms with Gasteiger partial charge in [-0.25, -0.2) is 0 Å². The van der Waals surface area contributed by atoms with Crippen molar-refractivity contribution in [2.24, 2.45) is 5.41 Å². The van der Waals surface area contributed by atoms with E-state index in [1.807, 2.05) is 13.8 Å². The van der Waals surface area contributed by atoms with Gasteiger partial charge in [0.15, 0.2) is 0 Å². The van der Waals surface area contributed by atoms with Gasteiger partial charge in [0.1, 0.15) is 0 Å². The molecular weight excluding hydrogens is 196 g/mol. The van der Waals surface area contributed by atoms with E-state index in [1.165, 1.54) is 0 Å². The molecule has 86 valence electrons. The molecule has 1 aliphatic heterocycles. The molecule has 5 nitrogen and oxygen atoms in total. The van der Waals surface area contributed by atoms with Crippen molar-refractivity contribution >= 4 is 11.8 Å². The van der Waals surface area contributed by atoms with Crippen LogP contribution in [0.25, 0.3) is 0 Å². The van der Waals surface area contributed by atoms with Gasteiger partial charge in [0.25, 0.3) is 0 Å². The van der Waals surface area contributed by atoms with Crippen LogP contribution >= 0.6 is 0 Å². The summed E-state index contributed by atoms with van der Waals surface area (Å²) in [5, 5.41) is 14.4. The Balaban J connectivity index is 2.39. The molecule has 3 N–H and O–H groups in total. The van der Waals surface area contributed by atoms with Gasteiger partial charge >= 0.3 is 0 Å². The van der Waals surface area contributed by atoms with E-state index in [4.69, 9.17) is 5.11 Å². The summed E-state index contributed by atoms with van der Waals surface area (Å²) in [6, 6.07) is -0.312. The van der Waals surface area contributed by atoms with Gasteiger partial charge in [-0.1, -0.05) is 13.8 Å². The van der Waals surface area contributed by atoms with E-state index in [0.29, 0.717) is 19.4 Å². The highest BCUT2D eigenvalue weighted by Gasteiger charge is 2.27. The summed E-state index contributed by atoms with van der Waals surface area (Å²) in [4.78, 5) is 22.2. The molecule has 1 unspecified atom stereocenters. The molecule has 0 bridgehead atoms. The minimum atomic E-state index is -0.312. The van der Waals surface area contributed by atoms with E-state index >= 15 is 0 Å². The molecule has 0 spiro atoms. The van der Waals surface area contributed by atoms with Crippen LogP contribution in [0.2, 0.25) is 0 Å². The van der Waals surface area contributed by atoms with Crippen LogP contribution < -0.4 is 10.6 Å². The monoisotopic (exact) mass is 214 g/mol. The fraction of sp³-hybridized carbons (Fsp3) is 0.800. The maximum absolute atomic E-state index is 11.4. The molecule has 1 aliphatic rings. The average Bonchev–Trinajstić information content (AvgIpc) is 2.16. The number of hydrogen-bond acceptors (Lipinski definition) is 4. The van der Waals surface area contributed by atoms with Gasteiger partial charge in [-0.3, -0.25) is 14.9 Å². The smallest absolute Gasteiger partial charge is 0.243 e. The van der Waals surface area contributed by atoms with Crippen LogP contribution in [0, 0.1) is 5.41 Å². The first kappa shape index (κ1) is 12.1. The van der Waals surface area contributed by atoms with Gasteiger partial charge in [0.05, 0.1) is 6.04 Å². The number of aliphatic hydroxyl groups excluding tert-OH is 1. The molecule has 2 amide bonds. The third kappa shape index (κ3) is 3.60. The maximum atomic E-state index is 11.4. The average molecular weight is 214 g/mol. The van der Waals surface area contributed by atoms with Crippen molar-refractivity contribution in [2.45, 2.75) is 32.7 Å². The number of amides is 2. The molecule has 1 heterocycles. The van der Waals surface area contributed by atoms with Gasteiger partial charge in [-0.05, 0) is 6.42 Å². The van der Waals surface area contributed by atoms with Crippen LogP contribution in [0.15, 0.2) is 0 Å². The standard InChI is InChI=1S/C10H18N2O3/c1-10(2,6-13)5-11-7-3-4-8(14)12-9(7)15/h7,11,13H,3-6H2,1-2H3,(H,12,14,15). The highest BCUT2D eigenvalue weighted by Crippen LogP contribution is 2.13. The zero-order chi connectivity index (χ0) is 11.5. The molecule has 1 saturated heterocycles. The van der Waals surface area contributed by atoms with E-state index in [0.717, 1.165) is 0 Å². The number of carbonyl (C=O) groups excluding carboxylic acids is 2. The first-order chi connectivity index (χ1) is 6.94. The molecule has 0 aromatic rings. The van der Waals surface area contributed by atoms with Gasteiger partial charge < -0.3 is 10.4 Å². The SMILES string of the molecule is CC(C)(CO)CNC1CCC(=O)NC1=O. The van der Waals surface area contributed by atoms with Crippen molar-refractivity contribution in [1.82, 2.24) is 10.6 Å². The van der Waals surface area contributed by atoms with Gasteiger partial charge in [0.2, 0.25) is 11.8 Å². The maximum Gasteiger partial charge on any atom is 0.243 e. The van der Waals surface area contributed by atoms with Crippen molar-refractivity contribution < 1.29 is 14.7 Å². The molecule has 1 rings (SSSR count). The predicted octanol–water partition coefficient (Wildman–Crippen LogP) is -0.600. The van der Waals surface area contributed by atoms with E-state index in [-0.39, 0.29) is 29.9 Å². The van der Waals surface area contributed by atoms with E-state index in [1.54, 1.807) is 0 Å². The topological polar surface area (TPSA) is 78.4 Å². The van der Waals surface area contributed by atoms with E-state index in [2.05, 4.69) is 10.6 Å². The van der Waals surface area contributed by atoms with Crippen LogP contribution in [0.4, 0.5) is 0 Å². The number of aliphatic hydroxyl groups is 1. The lowest BCUT2D eigenvalue weighted by Crippen LogP contribution is -2.52. The number of rotatable bonds is 4. The molecule has 1 fully saturated rings. The first-order valence-electron chi connectivity index (χ1n) is 5.12. The predicted molar refractivity (Wildman–Crippen MR) is 55.0 cm³/mol. The zero-order valence-corrected chi connectivity index (χ0v) is 9.17. The summed E-state index contributed by atoms with van der Waals surface area (Å²) in [5.74, 6) is -0.473. The molecule has 0 saturated carbocycles. The first-order valence-corrected chi connectivity index (χ1v) is 5.12. The molecule has 15 heavy (non-hydrogen) atoms. The number of piperidine rings is 1. The Kier molecular flexibility index (Phi) is 3.82. The quantitative estimate of drug-likeness (QED) is 0.546. The molecule has 5 heteroatoms. The molecule has 0 aromatic carbocycles. The van der Waals surface area contributed by atoms with Crippen molar-refractivity contribution in [2.75, 3.05) is 13.2 Å². The fourth-order valence-corrected chi connectivity index (χ4v) is 1.34. The van der Waals surface area contributed by atoms with Crippen molar-refractivity contribution in [3.8, 4) is 0 Å². The van der Waals surface area contributed by atoms with Crippen LogP contribution in [-0.4, -0.2) is 36.1 Å². The fourth-order valence-electron chi connectivity index (χ4n) is 1.34. The molecule has 0 radical (unpaired) electrons. The minimum Gasteiger partial charge on any atom is -0.396 e. The summed E-state index contributed by atoms with van der Waals surface area (Å²) in [5.41, 5.74) is -0.248. The Hall–Kier alpha value is -0.940. The molecule has 0 aliphatic carbocycles. The van der Waals surface area contributed by atoms with Gasteiger partial charge in [-0.15, -0.1) is 0 Å². The summed E-state index contributed by atoms with van der Waals surface area (Å²) in [6.45, 7) is 4.43. The summed E-state index contributed by atoms with van der Waals surface area (Å²) < 4.78 is 0. The van der Waals surface area contributed by atoms with Gasteiger partial charge in [-0.2, -0.15) is 0 Å². The Bertz CT molecular complexity index is 263. The lowest BCUT2D eigenvalue weighted by molar-refractivity contribution is -0.134. The molecule has 0 aromatic heterocycles. The highest BCUT2D eigenvalue weighted by atomic mass is 16.3. The number of carbonyl (C=O) groups is 2.